The van der Waals surface area contributed by atoms with Crippen LogP contribution >= 0.6 is 39.1 Å². The van der Waals surface area contributed by atoms with E-state index in [1.807, 2.05) is 12.1 Å². The Morgan fingerprint density at radius 1 is 1.27 bits per heavy atom. The lowest BCUT2D eigenvalue weighted by atomic mass is 9.75. The second-order valence-electron chi connectivity index (χ2n) is 8.25. The Hall–Kier alpha value is -0.620. The molecule has 1 aromatic carbocycles. The van der Waals surface area contributed by atoms with Crippen molar-refractivity contribution in [2.75, 3.05) is 6.54 Å². The van der Waals surface area contributed by atoms with Gasteiger partial charge in [0.25, 0.3) is 0 Å². The number of nitrogens with one attached hydrogen (secondary N) is 1. The number of halogens is 3. The second kappa shape index (κ2) is 8.17. The summed E-state index contributed by atoms with van der Waals surface area (Å²) in [4.78, 5) is 6.95. The fraction of sp³-hybridized carbons (Fsp3) is 0.579. The molecule has 2 unspecified atom stereocenters. The standard InChI is InChI=1S/C19H25BrCl2N4/c1-19(2,3)16-10-13(8-12-4-5-14(21)15(22)9-12)6-7-26(16)11-17-23-18(20)25-24-17/h4-5,9,13,16H,6-8,10-11H2,1-3H3,(H,23,24,25). The maximum atomic E-state index is 6.19. The molecule has 0 spiro atoms. The van der Waals surface area contributed by atoms with Crippen LogP contribution in [-0.2, 0) is 13.0 Å². The summed E-state index contributed by atoms with van der Waals surface area (Å²) in [5.74, 6) is 1.56. The van der Waals surface area contributed by atoms with Crippen LogP contribution < -0.4 is 0 Å². The molecule has 0 saturated carbocycles. The summed E-state index contributed by atoms with van der Waals surface area (Å²) in [5.41, 5.74) is 1.47. The maximum absolute atomic E-state index is 6.19. The fourth-order valence-corrected chi connectivity index (χ4v) is 4.52. The highest BCUT2D eigenvalue weighted by Gasteiger charge is 2.36. The van der Waals surface area contributed by atoms with Crippen LogP contribution in [0.25, 0.3) is 0 Å². The van der Waals surface area contributed by atoms with Gasteiger partial charge in [-0.1, -0.05) is 50.0 Å². The van der Waals surface area contributed by atoms with E-state index >= 15 is 0 Å². The summed E-state index contributed by atoms with van der Waals surface area (Å²) in [6, 6.07) is 6.50. The van der Waals surface area contributed by atoms with Crippen molar-refractivity contribution in [1.82, 2.24) is 20.1 Å². The Labute approximate surface area is 173 Å². The third-order valence-electron chi connectivity index (χ3n) is 5.19. The molecule has 1 aromatic heterocycles. The van der Waals surface area contributed by atoms with Gasteiger partial charge in [-0.25, -0.2) is 4.98 Å². The van der Waals surface area contributed by atoms with Gasteiger partial charge in [0, 0.05) is 6.04 Å². The predicted octanol–water partition coefficient (Wildman–Crippen LogP) is 5.74. The molecule has 0 amide bonds. The summed E-state index contributed by atoms with van der Waals surface area (Å²) in [6.07, 6.45) is 3.38. The number of aromatic nitrogens is 3. The minimum Gasteiger partial charge on any atom is -0.292 e. The van der Waals surface area contributed by atoms with Crippen molar-refractivity contribution in [3.63, 3.8) is 0 Å². The Kier molecular flexibility index (Phi) is 6.33. The number of likely N-dealkylation sites (tertiary alicyclic amines) is 1. The first kappa shape index (κ1) is 20.1. The number of hydrogen-bond donors (Lipinski definition) is 1. The van der Waals surface area contributed by atoms with Crippen LogP contribution in [0.5, 0.6) is 0 Å². The van der Waals surface area contributed by atoms with Gasteiger partial charge in [-0.3, -0.25) is 10.00 Å². The number of nitrogens with zero attached hydrogens (tertiary/aromatic N) is 3. The SMILES string of the molecule is CC(C)(C)C1CC(Cc2ccc(Cl)c(Cl)c2)CCN1Cc1nc(Br)n[nH]1. The summed E-state index contributed by atoms with van der Waals surface area (Å²) in [5, 5.41) is 8.36. The van der Waals surface area contributed by atoms with Crippen molar-refractivity contribution in [3.8, 4) is 0 Å². The lowest BCUT2D eigenvalue weighted by Crippen LogP contribution is -2.49. The highest BCUT2D eigenvalue weighted by molar-refractivity contribution is 9.10. The van der Waals surface area contributed by atoms with Crippen molar-refractivity contribution < 1.29 is 0 Å². The molecule has 2 aromatic rings. The molecule has 7 heteroatoms. The predicted molar refractivity (Wildman–Crippen MR) is 111 cm³/mol. The van der Waals surface area contributed by atoms with E-state index in [2.05, 4.69) is 62.8 Å². The Morgan fingerprint density at radius 3 is 2.65 bits per heavy atom. The third-order valence-corrected chi connectivity index (χ3v) is 6.28. The van der Waals surface area contributed by atoms with E-state index in [0.717, 1.165) is 25.3 Å². The van der Waals surface area contributed by atoms with Crippen molar-refractivity contribution >= 4 is 39.1 Å². The van der Waals surface area contributed by atoms with Crippen LogP contribution in [0.1, 0.15) is 45.0 Å². The monoisotopic (exact) mass is 458 g/mol. The van der Waals surface area contributed by atoms with Gasteiger partial charge in [-0.05, 0) is 70.8 Å². The normalized spacial score (nSPS) is 21.9. The van der Waals surface area contributed by atoms with Crippen LogP contribution in [-0.4, -0.2) is 32.7 Å². The van der Waals surface area contributed by atoms with Crippen LogP contribution in [0.4, 0.5) is 0 Å². The highest BCUT2D eigenvalue weighted by Crippen LogP contribution is 2.37. The number of benzene rings is 1. The maximum Gasteiger partial charge on any atom is 0.217 e. The van der Waals surface area contributed by atoms with Gasteiger partial charge in [0.15, 0.2) is 0 Å². The molecule has 1 saturated heterocycles. The smallest absolute Gasteiger partial charge is 0.217 e. The fourth-order valence-electron chi connectivity index (χ4n) is 3.90. The van der Waals surface area contributed by atoms with Gasteiger partial charge in [0.2, 0.25) is 4.73 Å². The number of aromatic amines is 1. The first-order valence-electron chi connectivity index (χ1n) is 8.97. The lowest BCUT2D eigenvalue weighted by molar-refractivity contribution is 0.0308. The molecular weight excluding hydrogens is 435 g/mol. The average molecular weight is 460 g/mol. The minimum atomic E-state index is 0.202. The molecular formula is C19H25BrCl2N4. The molecule has 1 aliphatic rings. The van der Waals surface area contributed by atoms with Crippen molar-refractivity contribution in [2.24, 2.45) is 11.3 Å². The number of hydrogen-bond acceptors (Lipinski definition) is 3. The summed E-state index contributed by atoms with van der Waals surface area (Å²) in [7, 11) is 0. The highest BCUT2D eigenvalue weighted by atomic mass is 79.9. The van der Waals surface area contributed by atoms with E-state index in [9.17, 15) is 0 Å². The molecule has 1 aliphatic heterocycles. The summed E-state index contributed by atoms with van der Waals surface area (Å²) < 4.78 is 0.620. The Morgan fingerprint density at radius 2 is 2.04 bits per heavy atom. The van der Waals surface area contributed by atoms with Gasteiger partial charge >= 0.3 is 0 Å². The van der Waals surface area contributed by atoms with Gasteiger partial charge < -0.3 is 0 Å². The van der Waals surface area contributed by atoms with Crippen LogP contribution in [0.15, 0.2) is 22.9 Å². The van der Waals surface area contributed by atoms with Crippen molar-refractivity contribution in [2.45, 2.75) is 52.6 Å². The molecule has 26 heavy (non-hydrogen) atoms. The molecule has 4 nitrogen and oxygen atoms in total. The quantitative estimate of drug-likeness (QED) is 0.633. The van der Waals surface area contributed by atoms with Gasteiger partial charge in [0.1, 0.15) is 5.82 Å². The second-order valence-corrected chi connectivity index (χ2v) is 9.77. The first-order chi connectivity index (χ1) is 12.2. The Balaban J connectivity index is 1.70. The van der Waals surface area contributed by atoms with E-state index in [0.29, 0.717) is 26.7 Å². The van der Waals surface area contributed by atoms with Crippen LogP contribution in [0.3, 0.4) is 0 Å². The average Bonchev–Trinajstić information content (AvgIpc) is 2.96. The van der Waals surface area contributed by atoms with E-state index in [-0.39, 0.29) is 5.41 Å². The van der Waals surface area contributed by atoms with Crippen LogP contribution in [0.2, 0.25) is 10.0 Å². The Bertz CT molecular complexity index is 756. The third kappa shape index (κ3) is 5.00. The topological polar surface area (TPSA) is 44.8 Å². The molecule has 142 valence electrons. The number of H-pyrrole nitrogens is 1. The van der Waals surface area contributed by atoms with E-state index in [1.54, 1.807) is 0 Å². The zero-order chi connectivity index (χ0) is 18.9. The number of rotatable bonds is 4. The molecule has 0 bridgehead atoms. The summed E-state index contributed by atoms with van der Waals surface area (Å²) in [6.45, 7) is 8.83. The van der Waals surface area contributed by atoms with Crippen molar-refractivity contribution in [3.05, 3.63) is 44.4 Å². The van der Waals surface area contributed by atoms with Gasteiger partial charge in [0.05, 0.1) is 16.6 Å². The van der Waals surface area contributed by atoms with E-state index in [1.165, 1.54) is 18.4 Å². The van der Waals surface area contributed by atoms with E-state index < -0.39 is 0 Å². The molecule has 3 rings (SSSR count). The minimum absolute atomic E-state index is 0.202. The first-order valence-corrected chi connectivity index (χ1v) is 10.5. The zero-order valence-electron chi connectivity index (χ0n) is 15.4. The molecule has 0 radical (unpaired) electrons. The number of piperidine rings is 1. The molecule has 2 atom stereocenters. The van der Waals surface area contributed by atoms with Crippen molar-refractivity contribution in [1.29, 1.82) is 0 Å². The van der Waals surface area contributed by atoms with Crippen LogP contribution in [0, 0.1) is 11.3 Å². The summed E-state index contributed by atoms with van der Waals surface area (Å²) >= 11 is 15.6. The zero-order valence-corrected chi connectivity index (χ0v) is 18.5. The molecule has 0 aliphatic carbocycles. The van der Waals surface area contributed by atoms with E-state index in [4.69, 9.17) is 23.2 Å². The van der Waals surface area contributed by atoms with Gasteiger partial charge in [-0.2, -0.15) is 0 Å². The molecule has 2 heterocycles. The molecule has 1 N–H and O–H groups in total. The lowest BCUT2D eigenvalue weighted by Gasteiger charge is -2.46. The molecule has 1 fully saturated rings. The largest absolute Gasteiger partial charge is 0.292 e. The van der Waals surface area contributed by atoms with Gasteiger partial charge in [-0.15, -0.1) is 5.10 Å².